The maximum Gasteiger partial charge on any atom is 0.328 e. The lowest BCUT2D eigenvalue weighted by Gasteiger charge is -2.19. The molecular formula is C10H13FN2O5. The molecule has 8 heteroatoms. The van der Waals surface area contributed by atoms with Gasteiger partial charge in [-0.25, -0.2) is 9.18 Å². The van der Waals surface area contributed by atoms with Gasteiger partial charge in [0.15, 0.2) is 0 Å². The number of aromatic amines is 1. The van der Waals surface area contributed by atoms with Crippen LogP contribution in [0.3, 0.4) is 0 Å². The van der Waals surface area contributed by atoms with Crippen molar-refractivity contribution in [2.75, 3.05) is 6.61 Å². The van der Waals surface area contributed by atoms with E-state index in [9.17, 15) is 24.2 Å². The van der Waals surface area contributed by atoms with Gasteiger partial charge >= 0.3 is 5.69 Å². The number of aliphatic hydroxyl groups excluding tert-OH is 3. The lowest BCUT2D eigenvalue weighted by molar-refractivity contribution is -0.00561. The van der Waals surface area contributed by atoms with E-state index in [1.807, 2.05) is 4.98 Å². The summed E-state index contributed by atoms with van der Waals surface area (Å²) in [6.45, 7) is -0.645. The van der Waals surface area contributed by atoms with Crippen molar-refractivity contribution in [3.63, 3.8) is 0 Å². The lowest BCUT2D eigenvalue weighted by atomic mass is 10.1. The van der Waals surface area contributed by atoms with Crippen molar-refractivity contribution in [2.45, 2.75) is 24.4 Å². The van der Waals surface area contributed by atoms with Crippen LogP contribution in [0.25, 0.3) is 0 Å². The highest BCUT2D eigenvalue weighted by molar-refractivity contribution is 5.03. The minimum Gasteiger partial charge on any atom is -0.396 e. The van der Waals surface area contributed by atoms with E-state index < -0.39 is 48.2 Å². The second-order valence-electron chi connectivity index (χ2n) is 4.28. The van der Waals surface area contributed by atoms with E-state index in [4.69, 9.17) is 5.11 Å². The van der Waals surface area contributed by atoms with Crippen LogP contribution in [-0.2, 0) is 0 Å². The van der Waals surface area contributed by atoms with Crippen molar-refractivity contribution in [1.29, 1.82) is 0 Å². The molecule has 5 atom stereocenters. The monoisotopic (exact) mass is 260 g/mol. The average molecular weight is 260 g/mol. The van der Waals surface area contributed by atoms with Crippen LogP contribution >= 0.6 is 0 Å². The fourth-order valence-electron chi connectivity index (χ4n) is 2.27. The quantitative estimate of drug-likeness (QED) is 0.480. The fourth-order valence-corrected chi connectivity index (χ4v) is 2.27. The summed E-state index contributed by atoms with van der Waals surface area (Å²) in [6, 6.07) is -0.319. The number of H-pyrrole nitrogens is 1. The Morgan fingerprint density at radius 2 is 2.00 bits per heavy atom. The standard InChI is InChI=1S/C10H13FN2O5/c11-6-4(3-14)8(16)9(17)7(6)13-2-1-5(15)12-10(13)18/h1-2,4,6-9,14,16-17H,3H2,(H,12,15,18)/t4-,6-,7+,8+,9-/m0/s1. The first-order chi connectivity index (χ1) is 8.47. The van der Waals surface area contributed by atoms with Crippen molar-refractivity contribution >= 4 is 0 Å². The van der Waals surface area contributed by atoms with E-state index in [1.54, 1.807) is 0 Å². The summed E-state index contributed by atoms with van der Waals surface area (Å²) >= 11 is 0. The molecule has 1 heterocycles. The van der Waals surface area contributed by atoms with E-state index in [0.717, 1.165) is 16.8 Å². The van der Waals surface area contributed by atoms with Gasteiger partial charge in [-0.1, -0.05) is 0 Å². The van der Waals surface area contributed by atoms with Crippen LogP contribution in [-0.4, -0.2) is 49.9 Å². The Labute approximate surface area is 100 Å². The zero-order valence-corrected chi connectivity index (χ0v) is 9.23. The topological polar surface area (TPSA) is 116 Å². The molecule has 0 aliphatic heterocycles. The van der Waals surface area contributed by atoms with E-state index in [1.165, 1.54) is 0 Å². The van der Waals surface area contributed by atoms with Gasteiger partial charge in [-0.15, -0.1) is 0 Å². The van der Waals surface area contributed by atoms with Gasteiger partial charge < -0.3 is 15.3 Å². The Kier molecular flexibility index (Phi) is 3.33. The molecule has 0 unspecified atom stereocenters. The van der Waals surface area contributed by atoms with Crippen LogP contribution in [0, 0.1) is 5.92 Å². The molecule has 1 aromatic rings. The molecule has 0 aromatic carbocycles. The van der Waals surface area contributed by atoms with Gasteiger partial charge in [0, 0.05) is 18.2 Å². The largest absolute Gasteiger partial charge is 0.396 e. The number of halogens is 1. The van der Waals surface area contributed by atoms with Gasteiger partial charge in [0.05, 0.1) is 18.8 Å². The smallest absolute Gasteiger partial charge is 0.328 e. The number of aliphatic hydroxyl groups is 3. The minimum absolute atomic E-state index is 0.640. The summed E-state index contributed by atoms with van der Waals surface area (Å²) in [4.78, 5) is 24.3. The van der Waals surface area contributed by atoms with Crippen molar-refractivity contribution < 1.29 is 19.7 Å². The molecular weight excluding hydrogens is 247 g/mol. The lowest BCUT2D eigenvalue weighted by Crippen LogP contribution is -2.38. The number of alkyl halides is 1. The minimum atomic E-state index is -1.79. The van der Waals surface area contributed by atoms with E-state index >= 15 is 0 Å². The molecule has 0 amide bonds. The van der Waals surface area contributed by atoms with Crippen LogP contribution in [0.5, 0.6) is 0 Å². The average Bonchev–Trinajstić information content (AvgIpc) is 2.52. The molecule has 1 fully saturated rings. The van der Waals surface area contributed by atoms with Crippen LogP contribution in [0.1, 0.15) is 6.04 Å². The normalized spacial score (nSPS) is 35.9. The summed E-state index contributed by atoms with van der Waals surface area (Å²) < 4.78 is 14.8. The fraction of sp³-hybridized carbons (Fsp3) is 0.600. The molecule has 100 valence electrons. The molecule has 0 bridgehead atoms. The first-order valence-corrected chi connectivity index (χ1v) is 5.40. The second kappa shape index (κ2) is 4.63. The highest BCUT2D eigenvalue weighted by Gasteiger charge is 2.50. The van der Waals surface area contributed by atoms with Gasteiger partial charge in [-0.05, 0) is 0 Å². The molecule has 0 spiro atoms. The molecule has 1 aliphatic rings. The number of hydrogen-bond acceptors (Lipinski definition) is 5. The van der Waals surface area contributed by atoms with Gasteiger partial charge in [0.1, 0.15) is 12.3 Å². The number of nitrogens with one attached hydrogen (secondary N) is 1. The van der Waals surface area contributed by atoms with Crippen LogP contribution in [0.4, 0.5) is 4.39 Å². The predicted molar refractivity (Wildman–Crippen MR) is 57.8 cm³/mol. The molecule has 18 heavy (non-hydrogen) atoms. The van der Waals surface area contributed by atoms with E-state index in [2.05, 4.69) is 0 Å². The number of rotatable bonds is 2. The Hall–Kier alpha value is -1.51. The summed E-state index contributed by atoms with van der Waals surface area (Å²) in [6.07, 6.45) is -3.73. The molecule has 2 rings (SSSR count). The van der Waals surface area contributed by atoms with Crippen molar-refractivity contribution in [3.8, 4) is 0 Å². The second-order valence-corrected chi connectivity index (χ2v) is 4.28. The summed E-state index contributed by atoms with van der Waals surface area (Å²) in [5, 5.41) is 28.2. The maximum absolute atomic E-state index is 14.0. The third-order valence-corrected chi connectivity index (χ3v) is 3.26. The Morgan fingerprint density at radius 3 is 2.50 bits per heavy atom. The molecule has 1 aromatic heterocycles. The summed E-state index contributed by atoms with van der Waals surface area (Å²) in [5.74, 6) is -1.16. The SMILES string of the molecule is O=c1ccn([C@H]2[C@H](O)[C@H](O)[C@@H](CO)[C@@H]2F)c(=O)[nH]1. The van der Waals surface area contributed by atoms with Gasteiger partial charge in [0.2, 0.25) is 0 Å². The first-order valence-electron chi connectivity index (χ1n) is 5.40. The molecule has 7 nitrogen and oxygen atoms in total. The molecule has 0 saturated heterocycles. The van der Waals surface area contributed by atoms with Crippen molar-refractivity contribution in [3.05, 3.63) is 33.1 Å². The number of aromatic nitrogens is 2. The molecule has 1 aliphatic carbocycles. The summed E-state index contributed by atoms with van der Waals surface area (Å²) in [7, 11) is 0. The van der Waals surface area contributed by atoms with Crippen LogP contribution < -0.4 is 11.2 Å². The Bertz CT molecular complexity index is 542. The molecule has 4 N–H and O–H groups in total. The Morgan fingerprint density at radius 1 is 1.33 bits per heavy atom. The highest BCUT2D eigenvalue weighted by atomic mass is 19.1. The molecule has 1 saturated carbocycles. The molecule has 0 radical (unpaired) electrons. The summed E-state index contributed by atoms with van der Waals surface area (Å²) in [5.41, 5.74) is -1.52. The van der Waals surface area contributed by atoms with Crippen LogP contribution in [0.15, 0.2) is 21.9 Å². The third-order valence-electron chi connectivity index (χ3n) is 3.26. The maximum atomic E-state index is 14.0. The Balaban J connectivity index is 2.44. The van der Waals surface area contributed by atoms with Gasteiger partial charge in [-0.2, -0.15) is 0 Å². The van der Waals surface area contributed by atoms with Crippen molar-refractivity contribution in [2.24, 2.45) is 5.92 Å². The zero-order valence-electron chi connectivity index (χ0n) is 9.23. The zero-order chi connectivity index (χ0) is 13.4. The predicted octanol–water partition coefficient (Wildman–Crippen LogP) is -2.24. The first kappa shape index (κ1) is 12.9. The van der Waals surface area contributed by atoms with E-state index in [-0.39, 0.29) is 0 Å². The van der Waals surface area contributed by atoms with Crippen molar-refractivity contribution in [1.82, 2.24) is 9.55 Å². The highest BCUT2D eigenvalue weighted by Crippen LogP contribution is 2.36. The number of hydrogen-bond donors (Lipinski definition) is 4. The van der Waals surface area contributed by atoms with Crippen LogP contribution in [0.2, 0.25) is 0 Å². The van der Waals surface area contributed by atoms with E-state index in [0.29, 0.717) is 0 Å². The number of nitrogens with zero attached hydrogens (tertiary/aromatic N) is 1. The van der Waals surface area contributed by atoms with Gasteiger partial charge in [0.25, 0.3) is 5.56 Å². The third kappa shape index (κ3) is 1.88. The van der Waals surface area contributed by atoms with Gasteiger partial charge in [-0.3, -0.25) is 14.3 Å².